The second-order valence-corrected chi connectivity index (χ2v) is 5.23. The number of benzene rings is 2. The van der Waals surface area contributed by atoms with Crippen molar-refractivity contribution >= 4 is 5.69 Å². The second kappa shape index (κ2) is 5.96. The molecule has 0 radical (unpaired) electrons. The van der Waals surface area contributed by atoms with Gasteiger partial charge in [0.05, 0.1) is 16.6 Å². The normalized spacial score (nSPS) is 10.5. The zero-order valence-corrected chi connectivity index (χ0v) is 12.7. The maximum absolute atomic E-state index is 11.2. The number of hydrogen-bond donors (Lipinski definition) is 2. The molecule has 7 heteroatoms. The lowest BCUT2D eigenvalue weighted by Crippen LogP contribution is -1.95. The standard InChI is InChI=1S/C17H13N3O4/c1-10-4-2-3-5-12(10)17-18-8-11(9-19-17)13-6-15(21)16(22)7-14(13)20(23)24/h2-9,21-22H,1H3. The highest BCUT2D eigenvalue weighted by molar-refractivity contribution is 5.76. The van der Waals surface area contributed by atoms with Gasteiger partial charge in [0.25, 0.3) is 5.69 Å². The molecule has 0 spiro atoms. The fraction of sp³-hybridized carbons (Fsp3) is 0.0588. The minimum Gasteiger partial charge on any atom is -0.504 e. The lowest BCUT2D eigenvalue weighted by molar-refractivity contribution is -0.384. The predicted octanol–water partition coefficient (Wildman–Crippen LogP) is 3.44. The van der Waals surface area contributed by atoms with Gasteiger partial charge in [-0.25, -0.2) is 9.97 Å². The summed E-state index contributed by atoms with van der Waals surface area (Å²) < 4.78 is 0. The molecule has 7 nitrogen and oxygen atoms in total. The van der Waals surface area contributed by atoms with Crippen LogP contribution in [0.25, 0.3) is 22.5 Å². The van der Waals surface area contributed by atoms with Gasteiger partial charge in [-0.2, -0.15) is 0 Å². The van der Waals surface area contributed by atoms with E-state index < -0.39 is 16.4 Å². The number of phenols is 2. The first-order valence-electron chi connectivity index (χ1n) is 7.06. The maximum atomic E-state index is 11.2. The molecule has 3 aromatic rings. The van der Waals surface area contributed by atoms with E-state index in [1.165, 1.54) is 12.4 Å². The van der Waals surface area contributed by atoms with Gasteiger partial charge in [-0.1, -0.05) is 24.3 Å². The number of phenolic OH excluding ortho intramolecular Hbond substituents is 2. The lowest BCUT2D eigenvalue weighted by Gasteiger charge is -2.07. The smallest absolute Gasteiger partial charge is 0.281 e. The van der Waals surface area contributed by atoms with E-state index in [-0.39, 0.29) is 11.3 Å². The maximum Gasteiger partial charge on any atom is 0.281 e. The molecule has 0 fully saturated rings. The van der Waals surface area contributed by atoms with Crippen LogP contribution < -0.4 is 0 Å². The van der Waals surface area contributed by atoms with Crippen LogP contribution in [-0.2, 0) is 0 Å². The van der Waals surface area contributed by atoms with E-state index in [0.717, 1.165) is 23.3 Å². The van der Waals surface area contributed by atoms with E-state index in [4.69, 9.17) is 0 Å². The Labute approximate surface area is 137 Å². The van der Waals surface area contributed by atoms with Crippen molar-refractivity contribution in [2.45, 2.75) is 6.92 Å². The fourth-order valence-corrected chi connectivity index (χ4v) is 2.38. The third kappa shape index (κ3) is 2.74. The van der Waals surface area contributed by atoms with Gasteiger partial charge >= 0.3 is 0 Å². The summed E-state index contributed by atoms with van der Waals surface area (Å²) in [4.78, 5) is 19.1. The third-order valence-electron chi connectivity index (χ3n) is 3.64. The summed E-state index contributed by atoms with van der Waals surface area (Å²) in [6, 6.07) is 9.65. The molecular weight excluding hydrogens is 310 g/mol. The third-order valence-corrected chi connectivity index (χ3v) is 3.64. The number of nitro benzene ring substituents is 1. The quantitative estimate of drug-likeness (QED) is 0.434. The highest BCUT2D eigenvalue weighted by Crippen LogP contribution is 2.38. The predicted molar refractivity (Wildman–Crippen MR) is 87.6 cm³/mol. The van der Waals surface area contributed by atoms with Gasteiger partial charge < -0.3 is 10.2 Å². The average molecular weight is 323 g/mol. The highest BCUT2D eigenvalue weighted by Gasteiger charge is 2.20. The van der Waals surface area contributed by atoms with Crippen LogP contribution in [0.2, 0.25) is 0 Å². The summed E-state index contributed by atoms with van der Waals surface area (Å²) in [5.74, 6) is -0.496. The highest BCUT2D eigenvalue weighted by atomic mass is 16.6. The van der Waals surface area contributed by atoms with Gasteiger partial charge in [0.1, 0.15) is 0 Å². The fourth-order valence-electron chi connectivity index (χ4n) is 2.38. The molecule has 0 saturated heterocycles. The second-order valence-electron chi connectivity index (χ2n) is 5.23. The number of hydrogen-bond acceptors (Lipinski definition) is 6. The first-order chi connectivity index (χ1) is 11.5. The van der Waals surface area contributed by atoms with Crippen molar-refractivity contribution in [3.05, 3.63) is 64.5 Å². The average Bonchev–Trinajstić information content (AvgIpc) is 2.57. The molecular formula is C17H13N3O4. The largest absolute Gasteiger partial charge is 0.504 e. The first-order valence-corrected chi connectivity index (χ1v) is 7.06. The van der Waals surface area contributed by atoms with E-state index >= 15 is 0 Å². The zero-order chi connectivity index (χ0) is 17.3. The van der Waals surface area contributed by atoms with Crippen LogP contribution in [0.5, 0.6) is 11.5 Å². The molecule has 120 valence electrons. The van der Waals surface area contributed by atoms with Crippen molar-refractivity contribution in [3.8, 4) is 34.0 Å². The molecule has 0 bridgehead atoms. The van der Waals surface area contributed by atoms with Crippen molar-refractivity contribution < 1.29 is 15.1 Å². The van der Waals surface area contributed by atoms with Crippen molar-refractivity contribution in [1.29, 1.82) is 0 Å². The minimum atomic E-state index is -0.635. The van der Waals surface area contributed by atoms with E-state index in [0.29, 0.717) is 11.4 Å². The number of aromatic nitrogens is 2. The summed E-state index contributed by atoms with van der Waals surface area (Å²) in [5.41, 5.74) is 2.05. The Morgan fingerprint density at radius 1 is 1.00 bits per heavy atom. The summed E-state index contributed by atoms with van der Waals surface area (Å²) >= 11 is 0. The van der Waals surface area contributed by atoms with E-state index in [2.05, 4.69) is 9.97 Å². The molecule has 0 aliphatic carbocycles. The van der Waals surface area contributed by atoms with Gasteiger partial charge in [0.2, 0.25) is 0 Å². The van der Waals surface area contributed by atoms with Crippen molar-refractivity contribution in [1.82, 2.24) is 9.97 Å². The first kappa shape index (κ1) is 15.4. The molecule has 0 aliphatic heterocycles. The molecule has 0 amide bonds. The number of aryl methyl sites for hydroxylation is 1. The topological polar surface area (TPSA) is 109 Å². The summed E-state index contributed by atoms with van der Waals surface area (Å²) in [6.07, 6.45) is 2.90. The number of nitro groups is 1. The molecule has 3 rings (SSSR count). The summed E-state index contributed by atoms with van der Waals surface area (Å²) in [5, 5.41) is 30.2. The van der Waals surface area contributed by atoms with Crippen LogP contribution in [0.1, 0.15) is 5.56 Å². The molecule has 0 atom stereocenters. The SMILES string of the molecule is Cc1ccccc1-c1ncc(-c2cc(O)c(O)cc2[N+](=O)[O-])cn1. The van der Waals surface area contributed by atoms with Gasteiger partial charge in [-0.15, -0.1) is 0 Å². The number of aromatic hydroxyl groups is 2. The Bertz CT molecular complexity index is 924. The minimum absolute atomic E-state index is 0.131. The van der Waals surface area contributed by atoms with Crippen LogP contribution in [0, 0.1) is 17.0 Å². The van der Waals surface area contributed by atoms with Crippen molar-refractivity contribution in [2.75, 3.05) is 0 Å². The Morgan fingerprint density at radius 2 is 1.62 bits per heavy atom. The van der Waals surface area contributed by atoms with Gasteiger partial charge in [-0.3, -0.25) is 10.1 Å². The molecule has 0 unspecified atom stereocenters. The molecule has 1 heterocycles. The Kier molecular flexibility index (Phi) is 3.83. The van der Waals surface area contributed by atoms with Gasteiger partial charge in [0, 0.05) is 23.5 Å². The van der Waals surface area contributed by atoms with E-state index in [1.807, 2.05) is 31.2 Å². The molecule has 0 aliphatic rings. The summed E-state index contributed by atoms with van der Waals surface area (Å²) in [6.45, 7) is 1.94. The van der Waals surface area contributed by atoms with Crippen molar-refractivity contribution in [3.63, 3.8) is 0 Å². The Morgan fingerprint density at radius 3 is 2.25 bits per heavy atom. The van der Waals surface area contributed by atoms with Crippen LogP contribution >= 0.6 is 0 Å². The Hall–Kier alpha value is -3.48. The van der Waals surface area contributed by atoms with Crippen LogP contribution in [-0.4, -0.2) is 25.1 Å². The molecule has 24 heavy (non-hydrogen) atoms. The zero-order valence-electron chi connectivity index (χ0n) is 12.7. The monoisotopic (exact) mass is 323 g/mol. The van der Waals surface area contributed by atoms with Crippen LogP contribution in [0.4, 0.5) is 5.69 Å². The Balaban J connectivity index is 2.08. The van der Waals surface area contributed by atoms with Crippen LogP contribution in [0.3, 0.4) is 0 Å². The number of rotatable bonds is 3. The van der Waals surface area contributed by atoms with E-state index in [1.54, 1.807) is 0 Å². The van der Waals surface area contributed by atoms with Crippen LogP contribution in [0.15, 0.2) is 48.8 Å². The summed E-state index contributed by atoms with van der Waals surface area (Å²) in [7, 11) is 0. The number of nitrogens with zero attached hydrogens (tertiary/aromatic N) is 3. The molecule has 2 N–H and O–H groups in total. The van der Waals surface area contributed by atoms with E-state index in [9.17, 15) is 20.3 Å². The molecule has 1 aromatic heterocycles. The lowest BCUT2D eigenvalue weighted by atomic mass is 10.1. The van der Waals surface area contributed by atoms with Gasteiger partial charge in [-0.05, 0) is 18.6 Å². The molecule has 2 aromatic carbocycles. The van der Waals surface area contributed by atoms with Crippen molar-refractivity contribution in [2.24, 2.45) is 0 Å². The molecule has 0 saturated carbocycles. The van der Waals surface area contributed by atoms with Gasteiger partial charge in [0.15, 0.2) is 17.3 Å².